The van der Waals surface area contributed by atoms with Gasteiger partial charge in [0.2, 0.25) is 0 Å². The average molecular weight is 454 g/mol. The van der Waals surface area contributed by atoms with Crippen LogP contribution in [0.2, 0.25) is 18.1 Å². The lowest BCUT2D eigenvalue weighted by Gasteiger charge is -2.39. The van der Waals surface area contributed by atoms with Crippen LogP contribution >= 0.6 is 0 Å². The molecular formula is C23H31N5O3Si. The van der Waals surface area contributed by atoms with E-state index in [-0.39, 0.29) is 17.0 Å². The Bertz CT molecular complexity index is 1080. The first-order valence-corrected chi connectivity index (χ1v) is 13.7. The van der Waals surface area contributed by atoms with Gasteiger partial charge in [0.15, 0.2) is 25.3 Å². The second-order valence-electron chi connectivity index (χ2n) is 9.34. The van der Waals surface area contributed by atoms with Crippen molar-refractivity contribution in [3.8, 4) is 0 Å². The molecule has 2 aromatic heterocycles. The van der Waals surface area contributed by atoms with E-state index in [1.54, 1.807) is 30.6 Å². The zero-order valence-electron chi connectivity index (χ0n) is 19.3. The fraction of sp³-hybridized carbons (Fsp3) is 0.435. The summed E-state index contributed by atoms with van der Waals surface area (Å²) in [5, 5.41) is 2.88. The number of nitrogens with one attached hydrogen (secondary N) is 1. The lowest BCUT2D eigenvalue weighted by atomic mass is 10.2. The number of aromatic nitrogens is 4. The van der Waals surface area contributed by atoms with Gasteiger partial charge in [-0.15, -0.1) is 0 Å². The number of imidazole rings is 1. The number of aldehydes is 1. The first-order chi connectivity index (χ1) is 15.1. The summed E-state index contributed by atoms with van der Waals surface area (Å²) in [6, 6.07) is 8.94. The van der Waals surface area contributed by atoms with Crippen molar-refractivity contribution in [2.24, 2.45) is 0 Å². The maximum Gasteiger partial charge on any atom is 0.256 e. The average Bonchev–Trinajstić information content (AvgIpc) is 3.16. The van der Waals surface area contributed by atoms with E-state index >= 15 is 0 Å². The molecule has 1 aromatic carbocycles. The Morgan fingerprint density at radius 2 is 1.91 bits per heavy atom. The number of fused-ring (bicyclic) bond motifs is 1. The highest BCUT2D eigenvalue weighted by Gasteiger charge is 2.39. The second-order valence-corrected chi connectivity index (χ2v) is 14.1. The Kier molecular flexibility index (Phi) is 7.20. The summed E-state index contributed by atoms with van der Waals surface area (Å²) < 4.78 is 8.37. The molecule has 3 aromatic rings. The Hall–Kier alpha value is -2.91. The smallest absolute Gasteiger partial charge is 0.256 e. The largest absolute Gasteiger partial charge is 0.413 e. The van der Waals surface area contributed by atoms with Crippen molar-refractivity contribution in [2.75, 3.05) is 5.32 Å². The number of benzene rings is 1. The van der Waals surface area contributed by atoms with Crippen LogP contribution in [0.15, 0.2) is 43.0 Å². The van der Waals surface area contributed by atoms with Crippen molar-refractivity contribution in [3.63, 3.8) is 0 Å². The number of anilines is 1. The molecule has 0 spiro atoms. The molecule has 8 nitrogen and oxygen atoms in total. The van der Waals surface area contributed by atoms with Crippen LogP contribution in [-0.2, 0) is 15.8 Å². The fourth-order valence-electron chi connectivity index (χ4n) is 3.11. The summed E-state index contributed by atoms with van der Waals surface area (Å²) in [5.74, 6) is 0.110. The van der Waals surface area contributed by atoms with Crippen LogP contribution in [0.3, 0.4) is 0 Å². The van der Waals surface area contributed by atoms with E-state index in [0.717, 1.165) is 6.29 Å². The Morgan fingerprint density at radius 1 is 1.19 bits per heavy atom. The molecule has 0 aliphatic rings. The highest BCUT2D eigenvalue weighted by molar-refractivity contribution is 6.74. The van der Waals surface area contributed by atoms with Gasteiger partial charge >= 0.3 is 0 Å². The lowest BCUT2D eigenvalue weighted by Crippen LogP contribution is -2.44. The van der Waals surface area contributed by atoms with Crippen LogP contribution in [0.25, 0.3) is 11.2 Å². The molecule has 1 unspecified atom stereocenters. The highest BCUT2D eigenvalue weighted by Crippen LogP contribution is 2.38. The minimum Gasteiger partial charge on any atom is -0.413 e. The summed E-state index contributed by atoms with van der Waals surface area (Å²) in [6.07, 6.45) is 4.87. The molecule has 3 rings (SSSR count). The molecule has 9 heteroatoms. The Labute approximate surface area is 189 Å². The second kappa shape index (κ2) is 9.70. The lowest BCUT2D eigenvalue weighted by molar-refractivity contribution is -0.109. The van der Waals surface area contributed by atoms with Crippen molar-refractivity contribution in [2.45, 2.75) is 64.4 Å². The summed E-state index contributed by atoms with van der Waals surface area (Å²) in [7, 11) is -2.00. The number of hydrogen-bond acceptors (Lipinski definition) is 6. The van der Waals surface area contributed by atoms with Crippen LogP contribution in [0.4, 0.5) is 5.82 Å². The van der Waals surface area contributed by atoms with Crippen LogP contribution in [0.1, 0.15) is 44.0 Å². The predicted octanol–water partition coefficient (Wildman–Crippen LogP) is 4.45. The fourth-order valence-corrected chi connectivity index (χ4v) is 4.51. The number of nitrogens with zero attached hydrogens (tertiary/aromatic N) is 4. The first kappa shape index (κ1) is 23.7. The molecule has 1 amide bonds. The van der Waals surface area contributed by atoms with Gasteiger partial charge in [0.25, 0.3) is 5.91 Å². The zero-order chi connectivity index (χ0) is 23.4. The van der Waals surface area contributed by atoms with E-state index in [0.29, 0.717) is 41.9 Å². The zero-order valence-corrected chi connectivity index (χ0v) is 20.3. The Morgan fingerprint density at radius 3 is 2.56 bits per heavy atom. The number of aryl methyl sites for hydroxylation is 1. The molecule has 170 valence electrons. The van der Waals surface area contributed by atoms with Gasteiger partial charge in [-0.1, -0.05) is 39.0 Å². The van der Waals surface area contributed by atoms with E-state index in [4.69, 9.17) is 4.43 Å². The van der Waals surface area contributed by atoms with Gasteiger partial charge in [-0.05, 0) is 36.7 Å². The molecule has 1 atom stereocenters. The quantitative estimate of drug-likeness (QED) is 0.380. The maximum atomic E-state index is 12.5. The monoisotopic (exact) mass is 453 g/mol. The van der Waals surface area contributed by atoms with Gasteiger partial charge < -0.3 is 19.1 Å². The van der Waals surface area contributed by atoms with E-state index < -0.39 is 8.32 Å². The minimum absolute atomic E-state index is 0.0644. The molecule has 0 fully saturated rings. The maximum absolute atomic E-state index is 12.5. The number of amides is 1. The third-order valence-electron chi connectivity index (χ3n) is 5.99. The number of hydrogen-bond donors (Lipinski definition) is 1. The number of carbonyl (C=O) groups excluding carboxylic acids is 2. The highest BCUT2D eigenvalue weighted by atomic mass is 28.4. The van der Waals surface area contributed by atoms with E-state index in [2.05, 4.69) is 54.1 Å². The molecule has 1 N–H and O–H groups in total. The number of rotatable bonds is 9. The van der Waals surface area contributed by atoms with Gasteiger partial charge in [0.1, 0.15) is 12.6 Å². The van der Waals surface area contributed by atoms with E-state index in [9.17, 15) is 9.59 Å². The van der Waals surface area contributed by atoms with Crippen molar-refractivity contribution in [1.29, 1.82) is 0 Å². The van der Waals surface area contributed by atoms with Crippen molar-refractivity contribution < 1.29 is 14.0 Å². The molecule has 32 heavy (non-hydrogen) atoms. The molecule has 0 aliphatic carbocycles. The van der Waals surface area contributed by atoms with Crippen LogP contribution < -0.4 is 5.32 Å². The molecule has 0 bridgehead atoms. The van der Waals surface area contributed by atoms with Gasteiger partial charge in [-0.3, -0.25) is 4.79 Å². The normalized spacial score (nSPS) is 13.2. The van der Waals surface area contributed by atoms with Crippen molar-refractivity contribution in [3.05, 3.63) is 48.5 Å². The third kappa shape index (κ3) is 5.46. The van der Waals surface area contributed by atoms with Crippen molar-refractivity contribution >= 4 is 37.5 Å². The number of carbonyl (C=O) groups is 2. The first-order valence-electron chi connectivity index (χ1n) is 10.8. The summed E-state index contributed by atoms with van der Waals surface area (Å²) in [5.41, 5.74) is 1.69. The van der Waals surface area contributed by atoms with Crippen LogP contribution in [0.5, 0.6) is 0 Å². The van der Waals surface area contributed by atoms with E-state index in [1.807, 2.05) is 10.6 Å². The van der Waals surface area contributed by atoms with Gasteiger partial charge in [0, 0.05) is 18.5 Å². The van der Waals surface area contributed by atoms with E-state index in [1.165, 1.54) is 6.33 Å². The summed E-state index contributed by atoms with van der Waals surface area (Å²) >= 11 is 0. The van der Waals surface area contributed by atoms with Gasteiger partial charge in [-0.25, -0.2) is 15.0 Å². The topological polar surface area (TPSA) is 99.0 Å². The van der Waals surface area contributed by atoms with Crippen LogP contribution in [0, 0.1) is 0 Å². The van der Waals surface area contributed by atoms with Crippen LogP contribution in [-0.4, -0.2) is 46.1 Å². The molecule has 0 aliphatic heterocycles. The molecule has 2 heterocycles. The standard InChI is InChI=1S/C23H31N5O3Si/c1-23(2,3)32(4,5)31-18(12-14-29)11-13-28-16-26-19-20(24-15-25-21(19)28)27-22(30)17-9-7-6-8-10-17/h6-10,14-16,18H,11-13H2,1-5H3,(H,24,25,27,30). The minimum atomic E-state index is -2.00. The molecule has 0 saturated carbocycles. The summed E-state index contributed by atoms with van der Waals surface area (Å²) in [6.45, 7) is 11.5. The molecule has 0 saturated heterocycles. The SMILES string of the molecule is CC(C)(C)[Si](C)(C)OC(CC=O)CCn1cnc2c(NC(=O)c3ccccc3)ncnc21. The van der Waals surface area contributed by atoms with Crippen molar-refractivity contribution in [1.82, 2.24) is 19.5 Å². The van der Waals surface area contributed by atoms with Gasteiger partial charge in [-0.2, -0.15) is 0 Å². The molecule has 0 radical (unpaired) electrons. The predicted molar refractivity (Wildman–Crippen MR) is 127 cm³/mol. The molecular weight excluding hydrogens is 422 g/mol. The Balaban J connectivity index is 1.75. The third-order valence-corrected chi connectivity index (χ3v) is 10.5. The summed E-state index contributed by atoms with van der Waals surface area (Å²) in [4.78, 5) is 36.7. The van der Waals surface area contributed by atoms with Gasteiger partial charge in [0.05, 0.1) is 12.4 Å².